The number of imide groups is 1. The Labute approximate surface area is 210 Å². The van der Waals surface area contributed by atoms with Gasteiger partial charge < -0.3 is 9.64 Å². The van der Waals surface area contributed by atoms with Crippen LogP contribution in [0.2, 0.25) is 0 Å². The van der Waals surface area contributed by atoms with Crippen LogP contribution in [0.15, 0.2) is 35.4 Å². The first-order valence-electron chi connectivity index (χ1n) is 13.3. The van der Waals surface area contributed by atoms with Crippen molar-refractivity contribution in [3.8, 4) is 5.75 Å². The van der Waals surface area contributed by atoms with E-state index in [9.17, 15) is 9.59 Å². The van der Waals surface area contributed by atoms with Crippen LogP contribution >= 0.6 is 0 Å². The Balaban J connectivity index is 1.13. The zero-order valence-corrected chi connectivity index (χ0v) is 22.3. The Morgan fingerprint density at radius 1 is 0.886 bits per heavy atom. The van der Waals surface area contributed by atoms with Gasteiger partial charge in [-0.25, -0.2) is 0 Å². The molecule has 6 nitrogen and oxygen atoms in total. The molecule has 3 fully saturated rings. The van der Waals surface area contributed by atoms with Gasteiger partial charge in [0.25, 0.3) is 0 Å². The molecule has 0 N–H and O–H groups in total. The average Bonchev–Trinajstić information content (AvgIpc) is 3.29. The lowest BCUT2D eigenvalue weighted by Crippen LogP contribution is -2.46. The molecule has 0 aromatic heterocycles. The first kappa shape index (κ1) is 24.4. The highest BCUT2D eigenvalue weighted by Gasteiger charge is 2.75. The third-order valence-electron chi connectivity index (χ3n) is 10.6. The molecular formula is C29H41N3O3. The molecule has 3 unspecified atom stereocenters. The zero-order chi connectivity index (χ0) is 25.1. The number of fused-ring (bicyclic) bond motifs is 5. The fourth-order valence-corrected chi connectivity index (χ4v) is 7.95. The van der Waals surface area contributed by atoms with Crippen LogP contribution < -0.4 is 9.64 Å². The first-order chi connectivity index (χ1) is 16.7. The molecule has 35 heavy (non-hydrogen) atoms. The van der Waals surface area contributed by atoms with Crippen LogP contribution in [0, 0.1) is 28.6 Å². The summed E-state index contributed by atoms with van der Waals surface area (Å²) >= 11 is 0. The van der Waals surface area contributed by atoms with Crippen LogP contribution in [0.5, 0.6) is 5.75 Å². The van der Waals surface area contributed by atoms with E-state index in [-0.39, 0.29) is 34.5 Å². The molecule has 2 aliphatic carbocycles. The summed E-state index contributed by atoms with van der Waals surface area (Å²) in [6.07, 6.45) is 1.88. The van der Waals surface area contributed by atoms with E-state index in [1.165, 1.54) is 11.1 Å². The molecule has 1 aromatic carbocycles. The van der Waals surface area contributed by atoms with Gasteiger partial charge >= 0.3 is 0 Å². The minimum atomic E-state index is -0.188. The third-order valence-corrected chi connectivity index (χ3v) is 10.6. The lowest BCUT2D eigenvalue weighted by atomic mass is 9.66. The summed E-state index contributed by atoms with van der Waals surface area (Å²) in [5.74, 6) is 1.06. The molecule has 2 heterocycles. The lowest BCUT2D eigenvalue weighted by Gasteiger charge is -2.36. The second-order valence-corrected chi connectivity index (χ2v) is 11.5. The number of carbonyl (C=O) groups is 2. The van der Waals surface area contributed by atoms with Crippen molar-refractivity contribution in [3.63, 3.8) is 0 Å². The van der Waals surface area contributed by atoms with Crippen molar-refractivity contribution in [2.75, 3.05) is 51.3 Å². The molecule has 190 valence electrons. The number of amides is 2. The van der Waals surface area contributed by atoms with Crippen LogP contribution in [-0.4, -0.2) is 68.0 Å². The Morgan fingerprint density at radius 2 is 1.43 bits per heavy atom. The predicted octanol–water partition coefficient (Wildman–Crippen LogP) is 4.21. The van der Waals surface area contributed by atoms with Gasteiger partial charge in [0.1, 0.15) is 5.75 Å². The van der Waals surface area contributed by atoms with E-state index >= 15 is 0 Å². The maximum Gasteiger partial charge on any atom is 0.234 e. The monoisotopic (exact) mass is 479 g/mol. The molecule has 2 aliphatic heterocycles. The van der Waals surface area contributed by atoms with E-state index in [0.717, 1.165) is 57.0 Å². The highest BCUT2D eigenvalue weighted by molar-refractivity contribution is 6.07. The Kier molecular flexibility index (Phi) is 6.02. The third kappa shape index (κ3) is 3.32. The molecule has 2 bridgehead atoms. The summed E-state index contributed by atoms with van der Waals surface area (Å²) in [6, 6.07) is 8.21. The van der Waals surface area contributed by atoms with Crippen molar-refractivity contribution in [3.05, 3.63) is 35.4 Å². The molecule has 2 amide bonds. The standard InChI is InChI=1S/C29H41N3O3/c1-19-20(2)29(5)21(3)28(19,4)24-25(29)27(34)32(26(24)33)14-10-9-13-30-15-17-31(18-16-30)22-11-7-8-12-23(22)35-6/h7-8,11-12,21,24-25H,9-10,13-18H2,1-6H3/t21?,24?,25?,28-,29+. The van der Waals surface area contributed by atoms with Gasteiger partial charge in [-0.3, -0.25) is 19.4 Å². The number of methoxy groups -OCH3 is 1. The van der Waals surface area contributed by atoms with Gasteiger partial charge in [0.2, 0.25) is 11.8 Å². The quantitative estimate of drug-likeness (QED) is 0.333. The number of nitrogens with zero attached hydrogens (tertiary/aromatic N) is 3. The fourth-order valence-electron chi connectivity index (χ4n) is 7.95. The number of piperazine rings is 1. The molecular weight excluding hydrogens is 438 g/mol. The van der Waals surface area contributed by atoms with Crippen molar-refractivity contribution in [1.82, 2.24) is 9.80 Å². The van der Waals surface area contributed by atoms with Gasteiger partial charge in [-0.15, -0.1) is 0 Å². The first-order valence-corrected chi connectivity index (χ1v) is 13.3. The van der Waals surface area contributed by atoms with Gasteiger partial charge in [0.05, 0.1) is 24.6 Å². The van der Waals surface area contributed by atoms with Crippen LogP contribution in [0.1, 0.15) is 47.5 Å². The topological polar surface area (TPSA) is 53.1 Å². The van der Waals surface area contributed by atoms with Gasteiger partial charge in [-0.05, 0) is 51.3 Å². The zero-order valence-electron chi connectivity index (χ0n) is 22.3. The number of benzene rings is 1. The molecule has 6 heteroatoms. The van der Waals surface area contributed by atoms with E-state index in [1.54, 1.807) is 12.0 Å². The Hall–Kier alpha value is -2.34. The minimum absolute atomic E-state index is 0.0790. The van der Waals surface area contributed by atoms with Crippen LogP contribution in [0.25, 0.3) is 0 Å². The van der Waals surface area contributed by atoms with Crippen molar-refractivity contribution in [1.29, 1.82) is 0 Å². The molecule has 1 saturated carbocycles. The number of anilines is 1. The number of likely N-dealkylation sites (tertiary alicyclic amines) is 1. The number of allylic oxidation sites excluding steroid dienone is 2. The van der Waals surface area contributed by atoms with Crippen molar-refractivity contribution >= 4 is 17.5 Å². The highest BCUT2D eigenvalue weighted by Crippen LogP contribution is 2.74. The molecule has 5 atom stereocenters. The number of para-hydroxylation sites is 2. The predicted molar refractivity (Wildman–Crippen MR) is 138 cm³/mol. The van der Waals surface area contributed by atoms with Crippen LogP contribution in [-0.2, 0) is 9.59 Å². The number of unbranched alkanes of at least 4 members (excludes halogenated alkanes) is 1. The largest absolute Gasteiger partial charge is 0.495 e. The van der Waals surface area contributed by atoms with Crippen LogP contribution in [0.4, 0.5) is 5.69 Å². The summed E-state index contributed by atoms with van der Waals surface area (Å²) in [4.78, 5) is 33.5. The molecule has 0 spiro atoms. The summed E-state index contributed by atoms with van der Waals surface area (Å²) in [7, 11) is 1.73. The van der Waals surface area contributed by atoms with Gasteiger partial charge in [0.15, 0.2) is 0 Å². The van der Waals surface area contributed by atoms with E-state index in [0.29, 0.717) is 12.5 Å². The molecule has 5 rings (SSSR count). The van der Waals surface area contributed by atoms with E-state index in [1.807, 2.05) is 12.1 Å². The molecule has 2 saturated heterocycles. The average molecular weight is 480 g/mol. The number of hydrogen-bond donors (Lipinski definition) is 0. The summed E-state index contributed by atoms with van der Waals surface area (Å²) in [5, 5.41) is 0. The minimum Gasteiger partial charge on any atom is -0.495 e. The van der Waals surface area contributed by atoms with E-state index in [2.05, 4.69) is 56.6 Å². The summed E-state index contributed by atoms with van der Waals surface area (Å²) in [6.45, 7) is 16.6. The van der Waals surface area contributed by atoms with Gasteiger partial charge in [-0.2, -0.15) is 0 Å². The van der Waals surface area contributed by atoms with Gasteiger partial charge in [0, 0.05) is 43.6 Å². The van der Waals surface area contributed by atoms with Crippen molar-refractivity contribution in [2.24, 2.45) is 28.6 Å². The number of ether oxygens (including phenoxy) is 1. The Bertz CT molecular complexity index is 1020. The SMILES string of the molecule is COc1ccccc1N1CCN(CCCCN2C(=O)C3C(C2=O)[C@@]2(C)C(C)=C(C)[C@]3(C)C2C)CC1. The molecule has 0 radical (unpaired) electrons. The number of hydrogen-bond acceptors (Lipinski definition) is 5. The van der Waals surface area contributed by atoms with Gasteiger partial charge in [-0.1, -0.05) is 44.1 Å². The van der Waals surface area contributed by atoms with E-state index < -0.39 is 0 Å². The van der Waals surface area contributed by atoms with Crippen LogP contribution in [0.3, 0.4) is 0 Å². The second kappa shape index (κ2) is 8.65. The van der Waals surface area contributed by atoms with Crippen molar-refractivity contribution in [2.45, 2.75) is 47.5 Å². The van der Waals surface area contributed by atoms with Crippen molar-refractivity contribution < 1.29 is 14.3 Å². The smallest absolute Gasteiger partial charge is 0.234 e. The normalized spacial score (nSPS) is 34.9. The summed E-state index contributed by atoms with van der Waals surface area (Å²) < 4.78 is 5.53. The number of rotatable bonds is 7. The maximum absolute atomic E-state index is 13.5. The van der Waals surface area contributed by atoms with E-state index in [4.69, 9.17) is 4.74 Å². The number of carbonyl (C=O) groups excluding carboxylic acids is 2. The molecule has 1 aromatic rings. The highest BCUT2D eigenvalue weighted by atomic mass is 16.5. The Morgan fingerprint density at radius 3 is 2.00 bits per heavy atom. The maximum atomic E-state index is 13.5. The molecule has 4 aliphatic rings. The lowest BCUT2D eigenvalue weighted by molar-refractivity contribution is -0.142. The second-order valence-electron chi connectivity index (χ2n) is 11.5. The fraction of sp³-hybridized carbons (Fsp3) is 0.655. The summed E-state index contributed by atoms with van der Waals surface area (Å²) in [5.41, 5.74) is 3.46.